The number of carbonyl (C=O) groups excluding carboxylic acids is 1. The molecule has 0 aromatic rings. The molecule has 1 N–H and O–H groups in total. The largest absolute Gasteiger partial charge is 0.462 e. The second-order valence-electron chi connectivity index (χ2n) is 15.4. The lowest BCUT2D eigenvalue weighted by Gasteiger charge is -2.60. The van der Waals surface area contributed by atoms with Gasteiger partial charge in [0.15, 0.2) is 0 Å². The number of carbonyl (C=O) groups is 1. The Morgan fingerprint density at radius 3 is 2.45 bits per heavy atom. The van der Waals surface area contributed by atoms with Crippen molar-refractivity contribution in [1.29, 1.82) is 0 Å². The van der Waals surface area contributed by atoms with Crippen LogP contribution in [0.3, 0.4) is 0 Å². The number of nitrogens with one attached hydrogen (secondary N) is 1. The normalized spacial score (nSPS) is 42.1. The molecule has 0 amide bonds. The molecule has 5 aliphatic rings. The van der Waals surface area contributed by atoms with Gasteiger partial charge in [0, 0.05) is 25.4 Å². The Morgan fingerprint density at radius 1 is 0.974 bits per heavy atom. The first-order valence-electron chi connectivity index (χ1n) is 16.8. The van der Waals surface area contributed by atoms with Gasteiger partial charge < -0.3 is 10.1 Å². The van der Waals surface area contributed by atoms with Crippen LogP contribution in [-0.2, 0) is 9.53 Å². The van der Waals surface area contributed by atoms with E-state index in [-0.39, 0.29) is 17.5 Å². The lowest BCUT2D eigenvalue weighted by atomic mass is 9.46. The molecule has 0 unspecified atom stereocenters. The van der Waals surface area contributed by atoms with Gasteiger partial charge in [-0.3, -0.25) is 4.79 Å². The summed E-state index contributed by atoms with van der Waals surface area (Å²) in [5.74, 6) is 4.86. The van der Waals surface area contributed by atoms with Gasteiger partial charge in [-0.15, -0.1) is 0 Å². The first-order chi connectivity index (χ1) is 18.1. The molecule has 0 bridgehead atoms. The molecule has 3 nitrogen and oxygen atoms in total. The van der Waals surface area contributed by atoms with Gasteiger partial charge in [0.25, 0.3) is 0 Å². The molecular weight excluding hydrogens is 466 g/mol. The molecule has 0 aromatic carbocycles. The van der Waals surface area contributed by atoms with Crippen LogP contribution in [0.2, 0.25) is 0 Å². The number of hydrogen-bond donors (Lipinski definition) is 1. The summed E-state index contributed by atoms with van der Waals surface area (Å²) in [6.45, 7) is 14.3. The number of ether oxygens (including phenoxy) is 1. The fourth-order valence-electron chi connectivity index (χ4n) is 10.7. The van der Waals surface area contributed by atoms with Crippen molar-refractivity contribution in [3.63, 3.8) is 0 Å². The van der Waals surface area contributed by atoms with E-state index in [9.17, 15) is 4.79 Å². The second kappa shape index (κ2) is 11.6. The summed E-state index contributed by atoms with van der Waals surface area (Å²) in [4.78, 5) is 11.8. The highest BCUT2D eigenvalue weighted by atomic mass is 16.5. The van der Waals surface area contributed by atoms with Crippen molar-refractivity contribution in [1.82, 2.24) is 5.32 Å². The molecule has 216 valence electrons. The molecule has 5 aliphatic carbocycles. The summed E-state index contributed by atoms with van der Waals surface area (Å²) in [6.07, 6.45) is 22.8. The Hall–Kier alpha value is -0.830. The van der Waals surface area contributed by atoms with E-state index in [4.69, 9.17) is 4.74 Å². The van der Waals surface area contributed by atoms with E-state index >= 15 is 0 Å². The van der Waals surface area contributed by atoms with Gasteiger partial charge in [-0.25, -0.2) is 0 Å². The molecular formula is C35H59NO2. The Kier molecular flexibility index (Phi) is 8.74. The molecule has 0 radical (unpaired) electrons. The minimum Gasteiger partial charge on any atom is -0.462 e. The third-order valence-electron chi connectivity index (χ3n) is 12.7. The molecule has 4 saturated carbocycles. The predicted octanol–water partition coefficient (Wildman–Crippen LogP) is 8.86. The number of hydrogen-bond acceptors (Lipinski definition) is 3. The van der Waals surface area contributed by atoms with Gasteiger partial charge in [-0.1, -0.05) is 84.8 Å². The monoisotopic (exact) mass is 525 g/mol. The van der Waals surface area contributed by atoms with Crippen molar-refractivity contribution in [3.05, 3.63) is 11.6 Å². The van der Waals surface area contributed by atoms with Crippen LogP contribution in [0.15, 0.2) is 11.6 Å². The minimum absolute atomic E-state index is 0.0788. The summed E-state index contributed by atoms with van der Waals surface area (Å²) in [7, 11) is 0. The smallest absolute Gasteiger partial charge is 0.302 e. The summed E-state index contributed by atoms with van der Waals surface area (Å²) < 4.78 is 5.78. The van der Waals surface area contributed by atoms with E-state index in [1.807, 2.05) is 0 Å². The highest BCUT2D eigenvalue weighted by molar-refractivity contribution is 5.66. The standard InChI is InChI=1S/C35H59NO2/c1-23(2)11-10-12-24(3)29-15-16-30-33-31(18-20-35(29,30)6)34(5)19-17-28(38-25(4)37)21-26(34)22-32(33)36-27-13-8-7-9-14-27/h22-24,27-33,36H,7-21H2,1-6H3/t24-,28-,29-,30+,31+,32+,33+,34-,35-/m0/s1. The van der Waals surface area contributed by atoms with Crippen LogP contribution < -0.4 is 5.32 Å². The van der Waals surface area contributed by atoms with Crippen molar-refractivity contribution in [3.8, 4) is 0 Å². The SMILES string of the molecule is CC(=O)O[C@H]1CC[C@@]2(C)C(=C[C@@H](NC3CCCCC3)[C@@H]3[C@H]4CC[C@@H]([C@@H](C)CCCC(C)C)[C@]4(C)CC[C@H]32)C1. The first kappa shape index (κ1) is 28.7. The van der Waals surface area contributed by atoms with Crippen molar-refractivity contribution in [2.24, 2.45) is 46.3 Å². The minimum atomic E-state index is -0.113. The third-order valence-corrected chi connectivity index (χ3v) is 12.7. The van der Waals surface area contributed by atoms with Crippen molar-refractivity contribution in [2.45, 2.75) is 156 Å². The van der Waals surface area contributed by atoms with E-state index in [2.05, 4.69) is 46.0 Å². The Labute approximate surface area is 234 Å². The second-order valence-corrected chi connectivity index (χ2v) is 15.4. The maximum Gasteiger partial charge on any atom is 0.302 e. The molecule has 0 spiro atoms. The molecule has 0 heterocycles. The van der Waals surface area contributed by atoms with Crippen LogP contribution in [0, 0.1) is 46.3 Å². The fraction of sp³-hybridized carbons (Fsp3) is 0.914. The van der Waals surface area contributed by atoms with Crippen LogP contribution in [0.1, 0.15) is 138 Å². The molecule has 0 saturated heterocycles. The van der Waals surface area contributed by atoms with Gasteiger partial charge >= 0.3 is 5.97 Å². The number of rotatable bonds is 8. The van der Waals surface area contributed by atoms with Gasteiger partial charge in [0.1, 0.15) is 6.10 Å². The zero-order valence-electron chi connectivity index (χ0n) is 25.7. The van der Waals surface area contributed by atoms with Crippen molar-refractivity contribution in [2.75, 3.05) is 0 Å². The van der Waals surface area contributed by atoms with E-state index in [0.29, 0.717) is 17.5 Å². The summed E-state index contributed by atoms with van der Waals surface area (Å²) >= 11 is 0. The zero-order chi connectivity index (χ0) is 27.1. The van der Waals surface area contributed by atoms with Gasteiger partial charge in [0.2, 0.25) is 0 Å². The predicted molar refractivity (Wildman–Crippen MR) is 158 cm³/mol. The highest BCUT2D eigenvalue weighted by Gasteiger charge is 2.61. The van der Waals surface area contributed by atoms with Crippen LogP contribution in [0.5, 0.6) is 0 Å². The molecule has 9 atom stereocenters. The quantitative estimate of drug-likeness (QED) is 0.254. The molecule has 4 fully saturated rings. The lowest BCUT2D eigenvalue weighted by molar-refractivity contribution is -0.149. The van der Waals surface area contributed by atoms with E-state index in [0.717, 1.165) is 48.3 Å². The Morgan fingerprint density at radius 2 is 1.74 bits per heavy atom. The van der Waals surface area contributed by atoms with Crippen LogP contribution in [0.25, 0.3) is 0 Å². The fourth-order valence-corrected chi connectivity index (χ4v) is 10.7. The van der Waals surface area contributed by atoms with Gasteiger partial charge in [-0.2, -0.15) is 0 Å². The molecule has 3 heteroatoms. The van der Waals surface area contributed by atoms with E-state index < -0.39 is 0 Å². The van der Waals surface area contributed by atoms with Crippen LogP contribution in [0.4, 0.5) is 0 Å². The average Bonchev–Trinajstić information content (AvgIpc) is 3.22. The maximum atomic E-state index is 11.8. The molecule has 5 rings (SSSR count). The topological polar surface area (TPSA) is 38.3 Å². The average molecular weight is 526 g/mol. The Balaban J connectivity index is 1.41. The molecule has 38 heavy (non-hydrogen) atoms. The molecule has 0 aliphatic heterocycles. The molecule has 0 aromatic heterocycles. The van der Waals surface area contributed by atoms with Gasteiger partial charge in [-0.05, 0) is 97.7 Å². The van der Waals surface area contributed by atoms with Crippen molar-refractivity contribution < 1.29 is 9.53 Å². The lowest BCUT2D eigenvalue weighted by Crippen LogP contribution is -2.59. The first-order valence-corrected chi connectivity index (χ1v) is 16.8. The number of fused-ring (bicyclic) bond motifs is 5. The summed E-state index contributed by atoms with van der Waals surface area (Å²) in [5.41, 5.74) is 2.40. The summed E-state index contributed by atoms with van der Waals surface area (Å²) in [6, 6.07) is 1.19. The van der Waals surface area contributed by atoms with Crippen LogP contribution >= 0.6 is 0 Å². The maximum absolute atomic E-state index is 11.8. The highest BCUT2D eigenvalue weighted by Crippen LogP contribution is 2.67. The van der Waals surface area contributed by atoms with Gasteiger partial charge in [0.05, 0.1) is 0 Å². The zero-order valence-corrected chi connectivity index (χ0v) is 25.7. The summed E-state index contributed by atoms with van der Waals surface area (Å²) in [5, 5.41) is 4.30. The third kappa shape index (κ3) is 5.53. The van der Waals surface area contributed by atoms with Crippen LogP contribution in [-0.4, -0.2) is 24.2 Å². The van der Waals surface area contributed by atoms with E-state index in [1.54, 1.807) is 12.5 Å². The number of esters is 1. The Bertz CT molecular complexity index is 858. The van der Waals surface area contributed by atoms with Crippen molar-refractivity contribution >= 4 is 5.97 Å². The van der Waals surface area contributed by atoms with E-state index in [1.165, 1.54) is 83.5 Å².